The molecule has 0 spiro atoms. The molecular formula is C20H19Cl2N3O2. The van der Waals surface area contributed by atoms with Gasteiger partial charge in [-0.2, -0.15) is 5.10 Å². The third kappa shape index (κ3) is 4.81. The van der Waals surface area contributed by atoms with Crippen molar-refractivity contribution in [1.29, 1.82) is 0 Å². The highest BCUT2D eigenvalue weighted by Crippen LogP contribution is 2.26. The first-order valence-corrected chi connectivity index (χ1v) is 9.12. The summed E-state index contributed by atoms with van der Waals surface area (Å²) < 4.78 is 7.43. The van der Waals surface area contributed by atoms with Crippen molar-refractivity contribution in [3.05, 3.63) is 81.1 Å². The molecule has 140 valence electrons. The van der Waals surface area contributed by atoms with Crippen molar-refractivity contribution in [2.45, 2.75) is 20.1 Å². The molecule has 5 nitrogen and oxygen atoms in total. The van der Waals surface area contributed by atoms with Crippen LogP contribution in [0, 0.1) is 6.92 Å². The topological polar surface area (TPSA) is 56.1 Å². The van der Waals surface area contributed by atoms with Crippen LogP contribution in [0.4, 0.5) is 0 Å². The van der Waals surface area contributed by atoms with Gasteiger partial charge in [0.05, 0.1) is 28.5 Å². The van der Waals surface area contributed by atoms with Gasteiger partial charge in [0, 0.05) is 12.6 Å². The summed E-state index contributed by atoms with van der Waals surface area (Å²) in [6, 6.07) is 12.9. The minimum absolute atomic E-state index is 0.192. The molecule has 2 aromatic carbocycles. The van der Waals surface area contributed by atoms with Crippen LogP contribution in [0.2, 0.25) is 10.0 Å². The van der Waals surface area contributed by atoms with E-state index in [1.165, 1.54) is 0 Å². The zero-order chi connectivity index (χ0) is 19.4. The lowest BCUT2D eigenvalue weighted by Crippen LogP contribution is -2.24. The normalized spacial score (nSPS) is 10.7. The van der Waals surface area contributed by atoms with Crippen LogP contribution in [0.15, 0.2) is 48.7 Å². The second-order valence-electron chi connectivity index (χ2n) is 6.17. The Bertz CT molecular complexity index is 950. The highest BCUT2D eigenvalue weighted by molar-refractivity contribution is 6.32. The van der Waals surface area contributed by atoms with E-state index in [2.05, 4.69) is 10.4 Å². The fraction of sp³-hybridized carbons (Fsp3) is 0.200. The van der Waals surface area contributed by atoms with Gasteiger partial charge >= 0.3 is 0 Å². The summed E-state index contributed by atoms with van der Waals surface area (Å²) in [5.74, 6) is 0.431. The van der Waals surface area contributed by atoms with E-state index in [9.17, 15) is 4.79 Å². The predicted octanol–water partition coefficient (Wildman–Crippen LogP) is 4.54. The van der Waals surface area contributed by atoms with Crippen molar-refractivity contribution in [2.24, 2.45) is 7.05 Å². The van der Waals surface area contributed by atoms with Gasteiger partial charge in [-0.1, -0.05) is 41.4 Å². The van der Waals surface area contributed by atoms with Crippen molar-refractivity contribution < 1.29 is 9.53 Å². The number of nitrogens with one attached hydrogen (secondary N) is 1. The minimum atomic E-state index is -0.192. The lowest BCUT2D eigenvalue weighted by atomic mass is 10.1. The smallest absolute Gasteiger partial charge is 0.251 e. The van der Waals surface area contributed by atoms with Crippen molar-refractivity contribution in [2.75, 3.05) is 0 Å². The number of nitrogens with zero attached hydrogens (tertiary/aromatic N) is 2. The van der Waals surface area contributed by atoms with E-state index < -0.39 is 0 Å². The molecule has 0 aliphatic carbocycles. The van der Waals surface area contributed by atoms with Gasteiger partial charge in [-0.25, -0.2) is 0 Å². The average Bonchev–Trinajstić information content (AvgIpc) is 2.98. The fourth-order valence-corrected chi connectivity index (χ4v) is 2.99. The summed E-state index contributed by atoms with van der Waals surface area (Å²) in [6.07, 6.45) is 1.55. The number of carbonyl (C=O) groups is 1. The lowest BCUT2D eigenvalue weighted by molar-refractivity contribution is 0.0950. The Kier molecular flexibility index (Phi) is 6.04. The first-order chi connectivity index (χ1) is 12.9. The molecule has 0 unspecified atom stereocenters. The van der Waals surface area contributed by atoms with E-state index in [0.29, 0.717) is 34.5 Å². The summed E-state index contributed by atoms with van der Waals surface area (Å²) in [4.78, 5) is 12.4. The van der Waals surface area contributed by atoms with Gasteiger partial charge in [-0.3, -0.25) is 9.48 Å². The van der Waals surface area contributed by atoms with Gasteiger partial charge in [-0.05, 0) is 42.3 Å². The first kappa shape index (κ1) is 19.3. The van der Waals surface area contributed by atoms with Crippen molar-refractivity contribution >= 4 is 29.1 Å². The number of aromatic nitrogens is 2. The molecular weight excluding hydrogens is 385 g/mol. The van der Waals surface area contributed by atoms with Crippen LogP contribution in [0.25, 0.3) is 0 Å². The van der Waals surface area contributed by atoms with Crippen LogP contribution in [-0.4, -0.2) is 15.7 Å². The molecule has 1 aromatic heterocycles. The Morgan fingerprint density at radius 1 is 1.19 bits per heavy atom. The van der Waals surface area contributed by atoms with Crippen LogP contribution < -0.4 is 10.1 Å². The second kappa shape index (κ2) is 8.46. The monoisotopic (exact) mass is 403 g/mol. The maximum absolute atomic E-state index is 12.4. The number of hydrogen-bond acceptors (Lipinski definition) is 3. The molecule has 0 radical (unpaired) electrons. The molecule has 0 atom stereocenters. The highest BCUT2D eigenvalue weighted by atomic mass is 35.5. The molecule has 3 rings (SSSR count). The van der Waals surface area contributed by atoms with Crippen molar-refractivity contribution in [1.82, 2.24) is 15.1 Å². The molecule has 27 heavy (non-hydrogen) atoms. The van der Waals surface area contributed by atoms with E-state index in [1.54, 1.807) is 36.1 Å². The van der Waals surface area contributed by atoms with Crippen LogP contribution in [0.3, 0.4) is 0 Å². The number of amides is 1. The predicted molar refractivity (Wildman–Crippen MR) is 106 cm³/mol. The number of rotatable bonds is 6. The van der Waals surface area contributed by atoms with E-state index in [0.717, 1.165) is 16.8 Å². The Hall–Kier alpha value is -2.50. The quantitative estimate of drug-likeness (QED) is 0.656. The van der Waals surface area contributed by atoms with Gasteiger partial charge in [-0.15, -0.1) is 0 Å². The average molecular weight is 404 g/mol. The Labute approximate surface area is 167 Å². The molecule has 0 fully saturated rings. The summed E-state index contributed by atoms with van der Waals surface area (Å²) in [6.45, 7) is 2.59. The second-order valence-corrected chi connectivity index (χ2v) is 6.98. The number of carbonyl (C=O) groups excluding carboxylic acids is 1. The van der Waals surface area contributed by atoms with E-state index in [4.69, 9.17) is 27.9 Å². The number of benzene rings is 2. The van der Waals surface area contributed by atoms with Gasteiger partial charge in [0.2, 0.25) is 0 Å². The highest BCUT2D eigenvalue weighted by Gasteiger charge is 2.11. The summed E-state index contributed by atoms with van der Waals surface area (Å²) in [7, 11) is 1.78. The zero-order valence-electron chi connectivity index (χ0n) is 15.0. The molecule has 0 aliphatic heterocycles. The van der Waals surface area contributed by atoms with Crippen molar-refractivity contribution in [3.8, 4) is 5.75 Å². The molecule has 1 N–H and O–H groups in total. The number of aryl methyl sites for hydroxylation is 2. The van der Waals surface area contributed by atoms with Gasteiger partial charge in [0.1, 0.15) is 12.4 Å². The fourth-order valence-electron chi connectivity index (χ4n) is 2.59. The van der Waals surface area contributed by atoms with E-state index in [-0.39, 0.29) is 5.91 Å². The maximum atomic E-state index is 12.4. The Morgan fingerprint density at radius 2 is 2.00 bits per heavy atom. The van der Waals surface area contributed by atoms with Gasteiger partial charge < -0.3 is 10.1 Å². The standard InChI is InChI=1S/C20H19Cl2N3O2/c1-13-6-7-16(21)19(8-13)27-12-14-4-3-5-15(9-14)20(26)23-11-18-17(22)10-24-25(18)2/h3-10H,11-12H2,1-2H3,(H,23,26). The molecule has 0 aliphatic rings. The number of hydrogen-bond donors (Lipinski definition) is 1. The van der Waals surface area contributed by atoms with Gasteiger partial charge in [0.15, 0.2) is 0 Å². The van der Waals surface area contributed by atoms with E-state index in [1.807, 2.05) is 31.2 Å². The number of ether oxygens (including phenoxy) is 1. The number of halogens is 2. The third-order valence-corrected chi connectivity index (χ3v) is 4.73. The Balaban J connectivity index is 1.64. The molecule has 3 aromatic rings. The van der Waals surface area contributed by atoms with E-state index >= 15 is 0 Å². The molecule has 0 saturated heterocycles. The SMILES string of the molecule is Cc1ccc(Cl)c(OCc2cccc(C(=O)NCc3c(Cl)cnn3C)c2)c1. The van der Waals surface area contributed by atoms with Crippen molar-refractivity contribution in [3.63, 3.8) is 0 Å². The van der Waals surface area contributed by atoms with Crippen LogP contribution in [0.1, 0.15) is 27.2 Å². The first-order valence-electron chi connectivity index (χ1n) is 8.36. The van der Waals surface area contributed by atoms with Crippen LogP contribution in [0.5, 0.6) is 5.75 Å². The maximum Gasteiger partial charge on any atom is 0.251 e. The summed E-state index contributed by atoms with van der Waals surface area (Å²) in [5.41, 5.74) is 3.23. The minimum Gasteiger partial charge on any atom is -0.487 e. The molecule has 7 heteroatoms. The lowest BCUT2D eigenvalue weighted by Gasteiger charge is -2.10. The third-order valence-electron chi connectivity index (χ3n) is 4.10. The summed E-state index contributed by atoms with van der Waals surface area (Å²) in [5, 5.41) is 7.99. The largest absolute Gasteiger partial charge is 0.487 e. The molecule has 0 saturated carbocycles. The molecule has 0 bridgehead atoms. The van der Waals surface area contributed by atoms with Crippen LogP contribution in [-0.2, 0) is 20.2 Å². The van der Waals surface area contributed by atoms with Gasteiger partial charge in [0.25, 0.3) is 5.91 Å². The van der Waals surface area contributed by atoms with Crippen LogP contribution >= 0.6 is 23.2 Å². The summed E-state index contributed by atoms with van der Waals surface area (Å²) >= 11 is 12.2. The zero-order valence-corrected chi connectivity index (χ0v) is 16.5. The molecule has 1 heterocycles. The Morgan fingerprint density at radius 3 is 2.74 bits per heavy atom. The molecule has 1 amide bonds.